The van der Waals surface area contributed by atoms with Crippen molar-refractivity contribution in [3.05, 3.63) is 52.5 Å². The predicted molar refractivity (Wildman–Crippen MR) is 97.4 cm³/mol. The molecule has 0 saturated heterocycles. The molecule has 2 aromatic rings. The molecule has 0 radical (unpaired) electrons. The molecule has 24 heavy (non-hydrogen) atoms. The molecule has 0 saturated carbocycles. The van der Waals surface area contributed by atoms with Crippen LogP contribution in [-0.4, -0.2) is 19.1 Å². The Bertz CT molecular complexity index is 674. The quantitative estimate of drug-likeness (QED) is 0.653. The molecule has 0 heterocycles. The highest BCUT2D eigenvalue weighted by Gasteiger charge is 2.08. The first-order valence-electron chi connectivity index (χ1n) is 7.69. The van der Waals surface area contributed by atoms with Crippen molar-refractivity contribution >= 4 is 34.8 Å². The minimum Gasteiger partial charge on any atom is -0.494 e. The summed E-state index contributed by atoms with van der Waals surface area (Å²) in [7, 11) is 0. The van der Waals surface area contributed by atoms with Crippen LogP contribution >= 0.6 is 23.2 Å². The van der Waals surface area contributed by atoms with Crippen molar-refractivity contribution in [3.8, 4) is 11.5 Å². The summed E-state index contributed by atoms with van der Waals surface area (Å²) in [6.07, 6.45) is 0.928. The summed E-state index contributed by atoms with van der Waals surface area (Å²) in [5.41, 5.74) is 0.515. The molecule has 0 aromatic heterocycles. The Morgan fingerprint density at radius 1 is 1.04 bits per heavy atom. The number of amides is 1. The second-order valence-electron chi connectivity index (χ2n) is 5.01. The first-order chi connectivity index (χ1) is 11.6. The Morgan fingerprint density at radius 2 is 1.71 bits per heavy atom. The van der Waals surface area contributed by atoms with Crippen molar-refractivity contribution in [1.82, 2.24) is 0 Å². The molecule has 0 atom stereocenters. The zero-order valence-electron chi connectivity index (χ0n) is 13.4. The number of halogens is 2. The largest absolute Gasteiger partial charge is 0.494 e. The SMILES string of the molecule is CCOc1ccc(OCCCC(=O)Nc2cccc(Cl)c2Cl)cc1. The van der Waals surface area contributed by atoms with Gasteiger partial charge in [0.1, 0.15) is 11.5 Å². The summed E-state index contributed by atoms with van der Waals surface area (Å²) in [6.45, 7) is 3.02. The Labute approximate surface area is 151 Å². The van der Waals surface area contributed by atoms with Gasteiger partial charge >= 0.3 is 0 Å². The third kappa shape index (κ3) is 5.62. The van der Waals surface area contributed by atoms with Gasteiger partial charge in [-0.05, 0) is 49.7 Å². The van der Waals surface area contributed by atoms with Crippen LogP contribution in [0.2, 0.25) is 10.0 Å². The highest BCUT2D eigenvalue weighted by Crippen LogP contribution is 2.29. The first kappa shape index (κ1) is 18.4. The number of hydrogen-bond donors (Lipinski definition) is 1. The third-order valence-electron chi connectivity index (χ3n) is 3.18. The lowest BCUT2D eigenvalue weighted by atomic mass is 10.2. The van der Waals surface area contributed by atoms with Gasteiger partial charge in [0.05, 0.1) is 28.9 Å². The first-order valence-corrected chi connectivity index (χ1v) is 8.45. The highest BCUT2D eigenvalue weighted by atomic mass is 35.5. The van der Waals surface area contributed by atoms with E-state index in [-0.39, 0.29) is 5.91 Å². The van der Waals surface area contributed by atoms with Gasteiger partial charge in [-0.15, -0.1) is 0 Å². The Morgan fingerprint density at radius 3 is 2.38 bits per heavy atom. The van der Waals surface area contributed by atoms with Crippen LogP contribution in [0.4, 0.5) is 5.69 Å². The second-order valence-corrected chi connectivity index (χ2v) is 5.79. The maximum absolute atomic E-state index is 11.9. The zero-order valence-corrected chi connectivity index (χ0v) is 14.9. The molecule has 4 nitrogen and oxygen atoms in total. The Balaban J connectivity index is 1.71. The van der Waals surface area contributed by atoms with Crippen molar-refractivity contribution in [3.63, 3.8) is 0 Å². The number of carbonyl (C=O) groups is 1. The average molecular weight is 368 g/mol. The van der Waals surface area contributed by atoms with Gasteiger partial charge in [-0.2, -0.15) is 0 Å². The maximum atomic E-state index is 11.9. The summed E-state index contributed by atoms with van der Waals surface area (Å²) < 4.78 is 11.0. The van der Waals surface area contributed by atoms with Gasteiger partial charge in [-0.1, -0.05) is 29.3 Å². The average Bonchev–Trinajstić information content (AvgIpc) is 2.58. The van der Waals surface area contributed by atoms with E-state index in [0.717, 1.165) is 11.5 Å². The summed E-state index contributed by atoms with van der Waals surface area (Å²) in [6, 6.07) is 12.5. The van der Waals surface area contributed by atoms with E-state index >= 15 is 0 Å². The van der Waals surface area contributed by atoms with Crippen LogP contribution in [0.15, 0.2) is 42.5 Å². The summed E-state index contributed by atoms with van der Waals surface area (Å²) in [5, 5.41) is 3.50. The number of hydrogen-bond acceptors (Lipinski definition) is 3. The monoisotopic (exact) mass is 367 g/mol. The lowest BCUT2D eigenvalue weighted by Crippen LogP contribution is -2.13. The summed E-state index contributed by atoms with van der Waals surface area (Å²) >= 11 is 11.9. The predicted octanol–water partition coefficient (Wildman–Crippen LogP) is 5.19. The van der Waals surface area contributed by atoms with Gasteiger partial charge in [0.2, 0.25) is 5.91 Å². The molecule has 0 unspecified atom stereocenters. The molecule has 6 heteroatoms. The normalized spacial score (nSPS) is 10.3. The fourth-order valence-corrected chi connectivity index (χ4v) is 2.38. The number of rotatable bonds is 8. The topological polar surface area (TPSA) is 47.6 Å². The molecule has 0 aliphatic heterocycles. The molecule has 0 aliphatic carbocycles. The minimum absolute atomic E-state index is 0.130. The van der Waals surface area contributed by atoms with Crippen LogP contribution in [0.5, 0.6) is 11.5 Å². The van der Waals surface area contributed by atoms with E-state index in [1.165, 1.54) is 0 Å². The molecular weight excluding hydrogens is 349 g/mol. The van der Waals surface area contributed by atoms with Gasteiger partial charge in [0.25, 0.3) is 0 Å². The van der Waals surface area contributed by atoms with Crippen molar-refractivity contribution in [2.45, 2.75) is 19.8 Å². The number of carbonyl (C=O) groups excluding carboxylic acids is 1. The van der Waals surface area contributed by atoms with E-state index < -0.39 is 0 Å². The lowest BCUT2D eigenvalue weighted by molar-refractivity contribution is -0.116. The fraction of sp³-hybridized carbons (Fsp3) is 0.278. The van der Waals surface area contributed by atoms with E-state index in [1.807, 2.05) is 31.2 Å². The third-order valence-corrected chi connectivity index (χ3v) is 4.00. The van der Waals surface area contributed by atoms with Crippen LogP contribution < -0.4 is 14.8 Å². The van der Waals surface area contributed by atoms with Gasteiger partial charge < -0.3 is 14.8 Å². The number of ether oxygens (including phenoxy) is 2. The van der Waals surface area contributed by atoms with Gasteiger partial charge in [-0.3, -0.25) is 4.79 Å². The van der Waals surface area contributed by atoms with Crippen LogP contribution in [0, 0.1) is 0 Å². The second kappa shape index (κ2) is 9.40. The molecule has 128 valence electrons. The number of benzene rings is 2. The van der Waals surface area contributed by atoms with E-state index in [9.17, 15) is 4.79 Å². The number of anilines is 1. The lowest BCUT2D eigenvalue weighted by Gasteiger charge is -2.09. The van der Waals surface area contributed by atoms with Crippen molar-refractivity contribution < 1.29 is 14.3 Å². The van der Waals surface area contributed by atoms with Crippen LogP contribution in [0.25, 0.3) is 0 Å². The van der Waals surface area contributed by atoms with Crippen molar-refractivity contribution in [1.29, 1.82) is 0 Å². The highest BCUT2D eigenvalue weighted by molar-refractivity contribution is 6.43. The van der Waals surface area contributed by atoms with Crippen LogP contribution in [0.3, 0.4) is 0 Å². The molecule has 0 bridgehead atoms. The molecular formula is C18H19Cl2NO3. The van der Waals surface area contributed by atoms with E-state index in [0.29, 0.717) is 41.8 Å². The Hall–Kier alpha value is -1.91. The molecule has 0 spiro atoms. The molecule has 0 fully saturated rings. The molecule has 1 amide bonds. The smallest absolute Gasteiger partial charge is 0.224 e. The van der Waals surface area contributed by atoms with E-state index in [1.54, 1.807) is 18.2 Å². The Kier molecular flexibility index (Phi) is 7.22. The molecule has 2 aromatic carbocycles. The molecule has 0 aliphatic rings. The maximum Gasteiger partial charge on any atom is 0.224 e. The summed E-state index contributed by atoms with van der Waals surface area (Å²) in [5.74, 6) is 1.42. The van der Waals surface area contributed by atoms with E-state index in [4.69, 9.17) is 32.7 Å². The van der Waals surface area contributed by atoms with Crippen molar-refractivity contribution in [2.75, 3.05) is 18.5 Å². The minimum atomic E-state index is -0.130. The molecule has 1 N–H and O–H groups in total. The zero-order chi connectivity index (χ0) is 17.4. The standard InChI is InChI=1S/C18H19Cl2NO3/c1-2-23-13-8-10-14(11-9-13)24-12-4-7-17(22)21-16-6-3-5-15(19)18(16)20/h3,5-6,8-11H,2,4,7,12H2,1H3,(H,21,22). The summed E-state index contributed by atoms with van der Waals surface area (Å²) in [4.78, 5) is 11.9. The van der Waals surface area contributed by atoms with Crippen molar-refractivity contribution in [2.24, 2.45) is 0 Å². The fourth-order valence-electron chi connectivity index (χ4n) is 2.03. The van der Waals surface area contributed by atoms with Crippen LogP contribution in [-0.2, 0) is 4.79 Å². The van der Waals surface area contributed by atoms with Gasteiger partial charge in [-0.25, -0.2) is 0 Å². The van der Waals surface area contributed by atoms with Gasteiger partial charge in [0.15, 0.2) is 0 Å². The van der Waals surface area contributed by atoms with E-state index in [2.05, 4.69) is 5.32 Å². The van der Waals surface area contributed by atoms with Gasteiger partial charge in [0, 0.05) is 6.42 Å². The number of nitrogens with one attached hydrogen (secondary N) is 1. The molecule has 2 rings (SSSR count). The van der Waals surface area contributed by atoms with Crippen LogP contribution in [0.1, 0.15) is 19.8 Å².